The average Bonchev–Trinajstić information content (AvgIpc) is 2.45. The number of nitrogens with one attached hydrogen (secondary N) is 1. The number of fused-ring (bicyclic) bond motifs is 1. The Balaban J connectivity index is 2.87. The summed E-state index contributed by atoms with van der Waals surface area (Å²) in [5.74, 6) is 0.345. The molecule has 0 heterocycles. The van der Waals surface area contributed by atoms with Crippen molar-refractivity contribution >= 4 is 17.2 Å². The maximum Gasteiger partial charge on any atom is 0.119 e. The first kappa shape index (κ1) is 7.86. The zero-order valence-corrected chi connectivity index (χ0v) is 7.04. The number of amidine groups is 1. The fraction of sp³-hybridized carbons (Fsp3) is 0.100. The summed E-state index contributed by atoms with van der Waals surface area (Å²) in [6.45, 7) is 0. The van der Waals surface area contributed by atoms with Gasteiger partial charge in [0.25, 0.3) is 0 Å². The lowest BCUT2D eigenvalue weighted by Gasteiger charge is -1.97. The van der Waals surface area contributed by atoms with Gasteiger partial charge in [-0.05, 0) is 5.22 Å². The molecule has 4 N–H and O–H groups in total. The van der Waals surface area contributed by atoms with Crippen molar-refractivity contribution in [3.63, 3.8) is 0 Å². The lowest BCUT2D eigenvalue weighted by molar-refractivity contribution is 0.493. The molecule has 0 atom stereocenters. The molecule has 0 aliphatic heterocycles. The van der Waals surface area contributed by atoms with Crippen LogP contribution in [0.4, 0.5) is 0 Å². The van der Waals surface area contributed by atoms with E-state index in [9.17, 15) is 5.11 Å². The predicted octanol–water partition coefficient (Wildman–Crippen LogP) is -0.157. The molecule has 0 spiro atoms. The Morgan fingerprint density at radius 1 is 1.31 bits per heavy atom. The van der Waals surface area contributed by atoms with Crippen LogP contribution in [-0.2, 0) is 0 Å². The van der Waals surface area contributed by atoms with Crippen molar-refractivity contribution in [2.45, 2.75) is 6.42 Å². The van der Waals surface area contributed by atoms with Crippen LogP contribution in [0.1, 0.15) is 6.42 Å². The van der Waals surface area contributed by atoms with E-state index in [2.05, 4.69) is 0 Å². The quantitative estimate of drug-likeness (QED) is 0.409. The van der Waals surface area contributed by atoms with Crippen molar-refractivity contribution in [3.05, 3.63) is 34.7 Å². The molecule has 1 aliphatic carbocycles. The third kappa shape index (κ3) is 1.09. The molecule has 0 unspecified atom stereocenters. The molecule has 0 fully saturated rings. The van der Waals surface area contributed by atoms with Gasteiger partial charge in [0.05, 0.1) is 0 Å². The van der Waals surface area contributed by atoms with E-state index in [0.29, 0.717) is 17.8 Å². The fourth-order valence-electron chi connectivity index (χ4n) is 1.60. The number of nitrogens with two attached hydrogens (primary N) is 1. The van der Waals surface area contributed by atoms with Gasteiger partial charge in [-0.3, -0.25) is 5.41 Å². The van der Waals surface area contributed by atoms with Gasteiger partial charge in [-0.1, -0.05) is 24.3 Å². The third-order valence-electron chi connectivity index (χ3n) is 2.23. The van der Waals surface area contributed by atoms with Gasteiger partial charge in [0.15, 0.2) is 0 Å². The second-order valence-electron chi connectivity index (χ2n) is 3.06. The molecule has 1 aromatic rings. The van der Waals surface area contributed by atoms with Crippen LogP contribution < -0.4 is 16.2 Å². The normalized spacial score (nSPS) is 14.5. The number of aliphatic hydroxyl groups is 1. The van der Waals surface area contributed by atoms with Crippen molar-refractivity contribution in [2.24, 2.45) is 5.73 Å². The number of hydrogen-bond acceptors (Lipinski definition) is 2. The molecule has 0 saturated heterocycles. The minimum atomic E-state index is 0.0384. The highest BCUT2D eigenvalue weighted by Crippen LogP contribution is 2.10. The second kappa shape index (κ2) is 2.62. The standard InChI is InChI=1S/C10H10N2O/c11-10(12)8-5-9(13)7-4-2-1-3-6(7)8/h1-4,13H,5H2,(H3,11,12). The Labute approximate surface area is 75.3 Å². The molecule has 1 aromatic carbocycles. The van der Waals surface area contributed by atoms with Gasteiger partial charge in [-0.15, -0.1) is 0 Å². The monoisotopic (exact) mass is 174 g/mol. The maximum absolute atomic E-state index is 9.54. The molecular weight excluding hydrogens is 164 g/mol. The maximum atomic E-state index is 9.54. The van der Waals surface area contributed by atoms with Crippen LogP contribution in [0.15, 0.2) is 24.3 Å². The summed E-state index contributed by atoms with van der Waals surface area (Å²) in [6, 6.07) is 7.44. The SMILES string of the molecule is N=C(N)C1=c2ccccc2=C(O)C1. The van der Waals surface area contributed by atoms with Crippen molar-refractivity contribution < 1.29 is 5.11 Å². The van der Waals surface area contributed by atoms with Crippen LogP contribution in [-0.4, -0.2) is 10.9 Å². The summed E-state index contributed by atoms with van der Waals surface area (Å²) in [4.78, 5) is 0. The van der Waals surface area contributed by atoms with E-state index in [0.717, 1.165) is 10.4 Å². The van der Waals surface area contributed by atoms with E-state index < -0.39 is 0 Å². The fourth-order valence-corrected chi connectivity index (χ4v) is 1.60. The zero-order chi connectivity index (χ0) is 9.42. The summed E-state index contributed by atoms with van der Waals surface area (Å²) < 4.78 is 0. The summed E-state index contributed by atoms with van der Waals surface area (Å²) in [5, 5.41) is 18.6. The highest BCUT2D eigenvalue weighted by atomic mass is 16.3. The van der Waals surface area contributed by atoms with Crippen molar-refractivity contribution in [1.29, 1.82) is 5.41 Å². The first-order valence-corrected chi connectivity index (χ1v) is 4.05. The number of benzene rings is 1. The molecule has 0 aromatic heterocycles. The lowest BCUT2D eigenvalue weighted by Crippen LogP contribution is -2.27. The Morgan fingerprint density at radius 2 is 1.92 bits per heavy atom. The van der Waals surface area contributed by atoms with E-state index >= 15 is 0 Å². The Kier molecular flexibility index (Phi) is 1.59. The smallest absolute Gasteiger partial charge is 0.119 e. The van der Waals surface area contributed by atoms with Crippen LogP contribution >= 0.6 is 0 Å². The van der Waals surface area contributed by atoms with Gasteiger partial charge >= 0.3 is 0 Å². The molecular formula is C10H10N2O. The molecule has 0 amide bonds. The highest BCUT2D eigenvalue weighted by Gasteiger charge is 2.13. The van der Waals surface area contributed by atoms with Crippen LogP contribution in [0.2, 0.25) is 0 Å². The van der Waals surface area contributed by atoms with Crippen LogP contribution in [0.25, 0.3) is 11.3 Å². The average molecular weight is 174 g/mol. The van der Waals surface area contributed by atoms with Gasteiger partial charge < -0.3 is 10.8 Å². The number of rotatable bonds is 1. The molecule has 66 valence electrons. The largest absolute Gasteiger partial charge is 0.511 e. The van der Waals surface area contributed by atoms with Gasteiger partial charge in [-0.25, -0.2) is 0 Å². The Bertz CT molecular complexity index is 488. The van der Waals surface area contributed by atoms with E-state index in [1.807, 2.05) is 24.3 Å². The van der Waals surface area contributed by atoms with Gasteiger partial charge in [-0.2, -0.15) is 0 Å². The topological polar surface area (TPSA) is 70.1 Å². The van der Waals surface area contributed by atoms with Crippen LogP contribution in [0.3, 0.4) is 0 Å². The molecule has 0 bridgehead atoms. The summed E-state index contributed by atoms with van der Waals surface area (Å²) >= 11 is 0. The first-order chi connectivity index (χ1) is 6.20. The summed E-state index contributed by atoms with van der Waals surface area (Å²) in [5.41, 5.74) is 6.11. The molecule has 0 saturated carbocycles. The Hall–Kier alpha value is -1.77. The molecule has 3 heteroatoms. The van der Waals surface area contributed by atoms with Crippen molar-refractivity contribution in [1.82, 2.24) is 0 Å². The predicted molar refractivity (Wildman–Crippen MR) is 51.7 cm³/mol. The van der Waals surface area contributed by atoms with Crippen molar-refractivity contribution in [3.8, 4) is 0 Å². The van der Waals surface area contributed by atoms with Gasteiger partial charge in [0.2, 0.25) is 0 Å². The van der Waals surface area contributed by atoms with Crippen LogP contribution in [0.5, 0.6) is 0 Å². The van der Waals surface area contributed by atoms with E-state index in [-0.39, 0.29) is 5.84 Å². The third-order valence-corrected chi connectivity index (χ3v) is 2.23. The molecule has 13 heavy (non-hydrogen) atoms. The lowest BCUT2D eigenvalue weighted by atomic mass is 10.1. The summed E-state index contributed by atoms with van der Waals surface area (Å²) in [7, 11) is 0. The Morgan fingerprint density at radius 3 is 2.54 bits per heavy atom. The highest BCUT2D eigenvalue weighted by molar-refractivity contribution is 6.16. The van der Waals surface area contributed by atoms with Gasteiger partial charge in [0, 0.05) is 17.2 Å². The minimum Gasteiger partial charge on any atom is -0.511 e. The number of hydrogen-bond donors (Lipinski definition) is 3. The number of aliphatic hydroxyl groups excluding tert-OH is 1. The van der Waals surface area contributed by atoms with E-state index in [1.54, 1.807) is 0 Å². The zero-order valence-electron chi connectivity index (χ0n) is 7.04. The molecule has 2 rings (SSSR count). The summed E-state index contributed by atoms with van der Waals surface area (Å²) in [6.07, 6.45) is 0.384. The van der Waals surface area contributed by atoms with Gasteiger partial charge in [0.1, 0.15) is 11.6 Å². The molecule has 1 aliphatic rings. The van der Waals surface area contributed by atoms with Crippen molar-refractivity contribution in [2.75, 3.05) is 0 Å². The first-order valence-electron chi connectivity index (χ1n) is 4.05. The minimum absolute atomic E-state index is 0.0384. The second-order valence-corrected chi connectivity index (χ2v) is 3.06. The molecule has 3 nitrogen and oxygen atoms in total. The van der Waals surface area contributed by atoms with E-state index in [4.69, 9.17) is 11.1 Å². The van der Waals surface area contributed by atoms with E-state index in [1.165, 1.54) is 0 Å². The molecule has 0 radical (unpaired) electrons. The van der Waals surface area contributed by atoms with Crippen LogP contribution in [0, 0.1) is 5.41 Å².